The Bertz CT molecular complexity index is 266. The van der Waals surface area contributed by atoms with Crippen molar-refractivity contribution >= 4 is 24.1 Å². The maximum Gasteiger partial charge on any atom is 0.0905 e. The number of rotatable bonds is 13. The van der Waals surface area contributed by atoms with Gasteiger partial charge in [0.25, 0.3) is 0 Å². The molecule has 6 nitrogen and oxygen atoms in total. The van der Waals surface area contributed by atoms with Gasteiger partial charge in [-0.25, -0.2) is 0 Å². The molecule has 0 aliphatic rings. The maximum atomic E-state index is 7.22. The minimum absolute atomic E-state index is 0. The van der Waals surface area contributed by atoms with Crippen molar-refractivity contribution in [3.05, 3.63) is 0 Å². The van der Waals surface area contributed by atoms with Gasteiger partial charge in [0.2, 0.25) is 0 Å². The van der Waals surface area contributed by atoms with Gasteiger partial charge < -0.3 is 21.7 Å². The monoisotopic (exact) mass is 320 g/mol. The van der Waals surface area contributed by atoms with Crippen molar-refractivity contribution in [3.8, 4) is 0 Å². The molecule has 0 unspecified atom stereocenters. The van der Waals surface area contributed by atoms with E-state index in [1.807, 2.05) is 6.92 Å². The molecule has 7 heteroatoms. The number of nitrogens with one attached hydrogen (secondary N) is 4. The van der Waals surface area contributed by atoms with E-state index in [0.29, 0.717) is 11.7 Å². The second-order valence-electron chi connectivity index (χ2n) is 4.99. The highest BCUT2D eigenvalue weighted by Gasteiger charge is 1.91. The van der Waals surface area contributed by atoms with E-state index in [1.165, 1.54) is 12.8 Å². The van der Waals surface area contributed by atoms with E-state index in [1.54, 1.807) is 6.92 Å². The average molecular weight is 321 g/mol. The number of aliphatic imine (C=N–C) groups is 1. The summed E-state index contributed by atoms with van der Waals surface area (Å²) in [4.78, 5) is 4.14. The molecule has 0 amide bonds. The van der Waals surface area contributed by atoms with Gasteiger partial charge in [-0.3, -0.25) is 10.4 Å². The van der Waals surface area contributed by atoms with Crippen molar-refractivity contribution in [1.29, 1.82) is 5.41 Å². The lowest BCUT2D eigenvalue weighted by atomic mass is 10.3. The second-order valence-corrected chi connectivity index (χ2v) is 4.99. The topological polar surface area (TPSA) is 98.3 Å². The van der Waals surface area contributed by atoms with Crippen LogP contribution in [0.15, 0.2) is 4.99 Å². The van der Waals surface area contributed by atoms with Gasteiger partial charge in [0.05, 0.1) is 11.7 Å². The second kappa shape index (κ2) is 17.2. The largest absolute Gasteiger partial charge is 0.388 e. The standard InChI is InChI=1S/C14H32N6.ClH/c1-13(15)19-11-5-9-17-7-3-4-8-18-10-6-12-20-14(2)16;/h17-18H,3-12H2,1-2H3,(H2,15,19)(H2,16,20);1H. The van der Waals surface area contributed by atoms with E-state index in [0.717, 1.165) is 52.1 Å². The van der Waals surface area contributed by atoms with Crippen molar-refractivity contribution in [2.45, 2.75) is 39.5 Å². The van der Waals surface area contributed by atoms with Gasteiger partial charge in [0, 0.05) is 13.1 Å². The highest BCUT2D eigenvalue weighted by Crippen LogP contribution is 1.86. The van der Waals surface area contributed by atoms with Gasteiger partial charge >= 0.3 is 0 Å². The summed E-state index contributed by atoms with van der Waals surface area (Å²) in [6, 6.07) is 0. The van der Waals surface area contributed by atoms with Crippen molar-refractivity contribution in [2.75, 3.05) is 39.3 Å². The number of amidine groups is 2. The minimum Gasteiger partial charge on any atom is -0.388 e. The predicted molar refractivity (Wildman–Crippen MR) is 95.0 cm³/mol. The third kappa shape index (κ3) is 21.6. The summed E-state index contributed by atoms with van der Waals surface area (Å²) in [5, 5.41) is 17.0. The molecular weight excluding hydrogens is 288 g/mol. The quantitative estimate of drug-likeness (QED) is 0.199. The molecular formula is C14H33ClN6. The van der Waals surface area contributed by atoms with Gasteiger partial charge in [-0.1, -0.05) is 0 Å². The third-order valence-electron chi connectivity index (χ3n) is 2.75. The molecule has 0 fully saturated rings. The summed E-state index contributed by atoms with van der Waals surface area (Å²) in [6.45, 7) is 9.47. The van der Waals surface area contributed by atoms with Crippen molar-refractivity contribution in [1.82, 2.24) is 16.0 Å². The van der Waals surface area contributed by atoms with Crippen LogP contribution in [0.3, 0.4) is 0 Å². The fourth-order valence-corrected chi connectivity index (χ4v) is 1.70. The molecule has 0 aromatic heterocycles. The average Bonchev–Trinajstić information content (AvgIpc) is 2.38. The number of hydrogen-bond donors (Lipinski definition) is 5. The van der Waals surface area contributed by atoms with E-state index in [-0.39, 0.29) is 12.4 Å². The lowest BCUT2D eigenvalue weighted by molar-refractivity contribution is 0.567. The van der Waals surface area contributed by atoms with Crippen LogP contribution in [-0.2, 0) is 0 Å². The van der Waals surface area contributed by atoms with E-state index in [9.17, 15) is 0 Å². The van der Waals surface area contributed by atoms with Crippen LogP contribution in [-0.4, -0.2) is 50.9 Å². The van der Waals surface area contributed by atoms with Gasteiger partial charge in [-0.05, 0) is 65.7 Å². The number of halogens is 1. The van der Waals surface area contributed by atoms with Crippen LogP contribution in [0.5, 0.6) is 0 Å². The first-order valence-corrected chi connectivity index (χ1v) is 7.60. The van der Waals surface area contributed by atoms with Crippen molar-refractivity contribution in [2.24, 2.45) is 10.7 Å². The molecule has 0 atom stereocenters. The lowest BCUT2D eigenvalue weighted by Crippen LogP contribution is -2.25. The molecule has 0 rings (SSSR count). The van der Waals surface area contributed by atoms with Crippen molar-refractivity contribution < 1.29 is 0 Å². The van der Waals surface area contributed by atoms with Crippen LogP contribution < -0.4 is 21.7 Å². The van der Waals surface area contributed by atoms with Gasteiger partial charge in [-0.15, -0.1) is 12.4 Å². The molecule has 0 spiro atoms. The smallest absolute Gasteiger partial charge is 0.0905 e. The number of hydrogen-bond acceptors (Lipinski definition) is 4. The highest BCUT2D eigenvalue weighted by atomic mass is 35.5. The van der Waals surface area contributed by atoms with Gasteiger partial charge in [0.15, 0.2) is 0 Å². The van der Waals surface area contributed by atoms with E-state index in [2.05, 4.69) is 20.9 Å². The van der Waals surface area contributed by atoms with Gasteiger partial charge in [-0.2, -0.15) is 0 Å². The first kappa shape index (κ1) is 22.4. The van der Waals surface area contributed by atoms with Crippen LogP contribution in [0.4, 0.5) is 0 Å². The van der Waals surface area contributed by atoms with Crippen molar-refractivity contribution in [3.63, 3.8) is 0 Å². The van der Waals surface area contributed by atoms with Crippen LogP contribution >= 0.6 is 12.4 Å². The Balaban J connectivity index is 0. The summed E-state index contributed by atoms with van der Waals surface area (Å²) in [5.74, 6) is 1.21. The molecule has 0 bridgehead atoms. The Morgan fingerprint density at radius 2 is 1.43 bits per heavy atom. The molecule has 0 saturated carbocycles. The Morgan fingerprint density at radius 3 is 1.95 bits per heavy atom. The first-order chi connectivity index (χ1) is 9.63. The van der Waals surface area contributed by atoms with E-state index < -0.39 is 0 Å². The minimum atomic E-state index is 0. The fourth-order valence-electron chi connectivity index (χ4n) is 1.70. The molecule has 21 heavy (non-hydrogen) atoms. The number of nitrogens with two attached hydrogens (primary N) is 1. The lowest BCUT2D eigenvalue weighted by Gasteiger charge is -2.06. The third-order valence-corrected chi connectivity index (χ3v) is 2.75. The highest BCUT2D eigenvalue weighted by molar-refractivity contribution is 5.85. The molecule has 0 aliphatic heterocycles. The summed E-state index contributed by atoms with van der Waals surface area (Å²) in [6.07, 6.45) is 4.51. The zero-order valence-corrected chi connectivity index (χ0v) is 14.3. The number of unbranched alkanes of at least 4 members (excludes halogenated alkanes) is 1. The van der Waals surface area contributed by atoms with Crippen LogP contribution in [0.25, 0.3) is 0 Å². The maximum absolute atomic E-state index is 7.22. The Kier molecular flexibility index (Phi) is 18.4. The molecule has 0 radical (unpaired) electrons. The molecule has 6 N–H and O–H groups in total. The summed E-state index contributed by atoms with van der Waals surface area (Å²) >= 11 is 0. The predicted octanol–water partition coefficient (Wildman–Crippen LogP) is 1.11. The molecule has 0 aromatic rings. The summed E-state index contributed by atoms with van der Waals surface area (Å²) in [7, 11) is 0. The fraction of sp³-hybridized carbons (Fsp3) is 0.857. The molecule has 0 aliphatic carbocycles. The first-order valence-electron chi connectivity index (χ1n) is 7.60. The zero-order valence-electron chi connectivity index (χ0n) is 13.5. The van der Waals surface area contributed by atoms with Crippen LogP contribution in [0.1, 0.15) is 39.5 Å². The normalized spacial score (nSPS) is 11.0. The molecule has 0 heterocycles. The summed E-state index contributed by atoms with van der Waals surface area (Å²) in [5.41, 5.74) is 5.45. The summed E-state index contributed by atoms with van der Waals surface area (Å²) < 4.78 is 0. The SMILES string of the molecule is CC(=N)NCCCNCCCCNCCCN=C(C)N.Cl. The Labute approximate surface area is 135 Å². The molecule has 0 aromatic carbocycles. The number of nitrogens with zero attached hydrogens (tertiary/aromatic N) is 1. The van der Waals surface area contributed by atoms with Crippen LogP contribution in [0.2, 0.25) is 0 Å². The molecule has 126 valence electrons. The van der Waals surface area contributed by atoms with Gasteiger partial charge in [0.1, 0.15) is 0 Å². The van der Waals surface area contributed by atoms with E-state index in [4.69, 9.17) is 11.1 Å². The Hall–Kier alpha value is -0.850. The Morgan fingerprint density at radius 1 is 0.905 bits per heavy atom. The van der Waals surface area contributed by atoms with Crippen LogP contribution in [0, 0.1) is 5.41 Å². The van der Waals surface area contributed by atoms with E-state index >= 15 is 0 Å². The molecule has 0 saturated heterocycles. The zero-order chi connectivity index (χ0) is 15.1.